The molecule has 0 amide bonds. The lowest BCUT2D eigenvalue weighted by Gasteiger charge is -2.23. The van der Waals surface area contributed by atoms with Gasteiger partial charge in [0.2, 0.25) is 0 Å². The van der Waals surface area contributed by atoms with Crippen LogP contribution in [-0.2, 0) is 4.74 Å². The monoisotopic (exact) mass is 204 g/mol. The second-order valence-electron chi connectivity index (χ2n) is 3.69. The topological polar surface area (TPSA) is 18.5 Å². The van der Waals surface area contributed by atoms with Gasteiger partial charge in [-0.15, -0.1) is 0 Å². The summed E-state index contributed by atoms with van der Waals surface area (Å²) in [6.07, 6.45) is 5.06. The first-order valence-corrected chi connectivity index (χ1v) is 5.39. The summed E-state index contributed by atoms with van der Waals surface area (Å²) in [4.78, 5) is 0. The van der Waals surface area contributed by atoms with Crippen LogP contribution in [0.5, 0.6) is 5.75 Å². The Balaban J connectivity index is 1.99. The quantitative estimate of drug-likeness (QED) is 0.752. The van der Waals surface area contributed by atoms with E-state index in [1.165, 1.54) is 6.42 Å². The average Bonchev–Trinajstić information content (AvgIpc) is 2.31. The third-order valence-electron chi connectivity index (χ3n) is 2.50. The van der Waals surface area contributed by atoms with Gasteiger partial charge in [0.1, 0.15) is 5.75 Å². The van der Waals surface area contributed by atoms with Gasteiger partial charge in [0.25, 0.3) is 0 Å². The minimum absolute atomic E-state index is 0.0705. The van der Waals surface area contributed by atoms with Crippen molar-refractivity contribution in [3.05, 3.63) is 36.4 Å². The van der Waals surface area contributed by atoms with Gasteiger partial charge in [-0.2, -0.15) is 0 Å². The van der Waals surface area contributed by atoms with E-state index in [1.54, 1.807) is 0 Å². The summed E-state index contributed by atoms with van der Waals surface area (Å²) in [6, 6.07) is 7.90. The molecular weight excluding hydrogens is 188 g/mol. The van der Waals surface area contributed by atoms with Crippen molar-refractivity contribution >= 4 is 6.08 Å². The van der Waals surface area contributed by atoms with Gasteiger partial charge < -0.3 is 9.47 Å². The first kappa shape index (κ1) is 10.2. The standard InChI is InChI=1S/C13H16O2/c1-2-11-6-5-7-12(10-11)15-13-8-3-4-9-14-13/h2,5-7,10,13H,1,3-4,8-9H2. The lowest BCUT2D eigenvalue weighted by atomic mass is 10.2. The highest BCUT2D eigenvalue weighted by Gasteiger charge is 2.14. The summed E-state index contributed by atoms with van der Waals surface area (Å²) in [5, 5.41) is 0. The van der Waals surface area contributed by atoms with Crippen LogP contribution in [0.25, 0.3) is 6.08 Å². The molecular formula is C13H16O2. The Morgan fingerprint density at radius 3 is 3.07 bits per heavy atom. The Hall–Kier alpha value is -1.28. The van der Waals surface area contributed by atoms with Crippen molar-refractivity contribution in [1.29, 1.82) is 0 Å². The predicted molar refractivity (Wildman–Crippen MR) is 60.8 cm³/mol. The van der Waals surface area contributed by atoms with E-state index in [9.17, 15) is 0 Å². The maximum Gasteiger partial charge on any atom is 0.199 e. The van der Waals surface area contributed by atoms with E-state index in [2.05, 4.69) is 6.58 Å². The maximum absolute atomic E-state index is 5.73. The fourth-order valence-corrected chi connectivity index (χ4v) is 1.67. The number of hydrogen-bond acceptors (Lipinski definition) is 2. The molecule has 2 nitrogen and oxygen atoms in total. The zero-order chi connectivity index (χ0) is 10.5. The molecule has 1 heterocycles. The molecule has 0 aliphatic carbocycles. The van der Waals surface area contributed by atoms with Crippen LogP contribution in [-0.4, -0.2) is 12.9 Å². The van der Waals surface area contributed by atoms with Crippen molar-refractivity contribution in [2.24, 2.45) is 0 Å². The van der Waals surface area contributed by atoms with E-state index in [1.807, 2.05) is 30.3 Å². The zero-order valence-corrected chi connectivity index (χ0v) is 8.82. The summed E-state index contributed by atoms with van der Waals surface area (Å²) < 4.78 is 11.2. The van der Waals surface area contributed by atoms with E-state index in [-0.39, 0.29) is 6.29 Å². The van der Waals surface area contributed by atoms with Crippen LogP contribution in [0.2, 0.25) is 0 Å². The first-order valence-electron chi connectivity index (χ1n) is 5.39. The third kappa shape index (κ3) is 2.83. The van der Waals surface area contributed by atoms with Crippen molar-refractivity contribution in [2.45, 2.75) is 25.6 Å². The van der Waals surface area contributed by atoms with Gasteiger partial charge in [-0.1, -0.05) is 24.8 Å². The Morgan fingerprint density at radius 1 is 1.40 bits per heavy atom. The highest BCUT2D eigenvalue weighted by Crippen LogP contribution is 2.20. The molecule has 0 spiro atoms. The predicted octanol–water partition coefficient (Wildman–Crippen LogP) is 3.24. The van der Waals surface area contributed by atoms with Crippen LogP contribution < -0.4 is 4.74 Å². The summed E-state index contributed by atoms with van der Waals surface area (Å²) in [5.74, 6) is 0.860. The molecule has 1 aromatic rings. The van der Waals surface area contributed by atoms with Crippen molar-refractivity contribution in [3.63, 3.8) is 0 Å². The number of benzene rings is 1. The van der Waals surface area contributed by atoms with Crippen LogP contribution in [0, 0.1) is 0 Å². The van der Waals surface area contributed by atoms with Crippen molar-refractivity contribution in [2.75, 3.05) is 6.61 Å². The highest BCUT2D eigenvalue weighted by molar-refractivity contribution is 5.49. The molecule has 1 atom stereocenters. The first-order chi connectivity index (χ1) is 7.38. The van der Waals surface area contributed by atoms with Gasteiger partial charge in [-0.05, 0) is 30.5 Å². The summed E-state index contributed by atoms with van der Waals surface area (Å²) in [6.45, 7) is 4.54. The molecule has 1 aromatic carbocycles. The Labute approximate surface area is 90.5 Å². The lowest BCUT2D eigenvalue weighted by Crippen LogP contribution is -2.24. The van der Waals surface area contributed by atoms with E-state index < -0.39 is 0 Å². The fourth-order valence-electron chi connectivity index (χ4n) is 1.67. The van der Waals surface area contributed by atoms with Crippen LogP contribution >= 0.6 is 0 Å². The van der Waals surface area contributed by atoms with E-state index in [0.29, 0.717) is 0 Å². The molecule has 0 aromatic heterocycles. The largest absolute Gasteiger partial charge is 0.465 e. The second-order valence-corrected chi connectivity index (χ2v) is 3.69. The summed E-state index contributed by atoms with van der Waals surface area (Å²) in [7, 11) is 0. The molecule has 1 unspecified atom stereocenters. The molecule has 0 radical (unpaired) electrons. The van der Waals surface area contributed by atoms with Gasteiger partial charge in [-0.25, -0.2) is 0 Å². The number of rotatable bonds is 3. The molecule has 0 N–H and O–H groups in total. The van der Waals surface area contributed by atoms with Gasteiger partial charge in [0.15, 0.2) is 6.29 Å². The van der Waals surface area contributed by atoms with E-state index in [0.717, 1.165) is 30.8 Å². The Morgan fingerprint density at radius 2 is 2.33 bits per heavy atom. The normalized spacial score (nSPS) is 20.9. The van der Waals surface area contributed by atoms with Crippen molar-refractivity contribution in [1.82, 2.24) is 0 Å². The second kappa shape index (κ2) is 4.99. The molecule has 1 aliphatic heterocycles. The van der Waals surface area contributed by atoms with Gasteiger partial charge in [-0.3, -0.25) is 0 Å². The van der Waals surface area contributed by atoms with Crippen LogP contribution in [0.4, 0.5) is 0 Å². The van der Waals surface area contributed by atoms with Crippen molar-refractivity contribution in [3.8, 4) is 5.75 Å². The van der Waals surface area contributed by atoms with Crippen LogP contribution in [0.3, 0.4) is 0 Å². The maximum atomic E-state index is 5.73. The molecule has 2 rings (SSSR count). The van der Waals surface area contributed by atoms with Gasteiger partial charge >= 0.3 is 0 Å². The fraction of sp³-hybridized carbons (Fsp3) is 0.385. The Kier molecular flexibility index (Phi) is 3.41. The molecule has 1 aliphatic rings. The minimum Gasteiger partial charge on any atom is -0.465 e. The summed E-state index contributed by atoms with van der Waals surface area (Å²) >= 11 is 0. The Bertz CT molecular complexity index is 327. The number of ether oxygens (including phenoxy) is 2. The van der Waals surface area contributed by atoms with Gasteiger partial charge in [0.05, 0.1) is 6.61 Å². The lowest BCUT2D eigenvalue weighted by molar-refractivity contribution is -0.105. The molecule has 1 saturated heterocycles. The summed E-state index contributed by atoms with van der Waals surface area (Å²) in [5.41, 5.74) is 1.07. The average molecular weight is 204 g/mol. The minimum atomic E-state index is -0.0705. The van der Waals surface area contributed by atoms with Crippen molar-refractivity contribution < 1.29 is 9.47 Å². The van der Waals surface area contributed by atoms with E-state index >= 15 is 0 Å². The van der Waals surface area contributed by atoms with Crippen LogP contribution in [0.15, 0.2) is 30.8 Å². The zero-order valence-electron chi connectivity index (χ0n) is 8.82. The smallest absolute Gasteiger partial charge is 0.199 e. The molecule has 80 valence electrons. The molecule has 2 heteroatoms. The van der Waals surface area contributed by atoms with Crippen LogP contribution in [0.1, 0.15) is 24.8 Å². The number of hydrogen-bond donors (Lipinski definition) is 0. The molecule has 0 bridgehead atoms. The SMILES string of the molecule is C=Cc1cccc(OC2CCCCO2)c1. The third-order valence-corrected chi connectivity index (χ3v) is 2.50. The molecule has 15 heavy (non-hydrogen) atoms. The highest BCUT2D eigenvalue weighted by atomic mass is 16.7. The van der Waals surface area contributed by atoms with E-state index in [4.69, 9.17) is 9.47 Å². The van der Waals surface area contributed by atoms with Gasteiger partial charge in [0, 0.05) is 6.42 Å². The molecule has 0 saturated carbocycles. The molecule has 1 fully saturated rings.